The molecular weight excluding hydrogens is 290 g/mol. The first kappa shape index (κ1) is 20.0. The monoisotopic (exact) mass is 325 g/mol. The molecule has 134 valence electrons. The molecule has 4 heteroatoms. The molecule has 2 unspecified atom stereocenters. The molecule has 0 aromatic carbocycles. The second-order valence-electron chi connectivity index (χ2n) is 7.14. The maximum absolute atomic E-state index is 12.3. The van der Waals surface area contributed by atoms with Gasteiger partial charge in [0.15, 0.2) is 0 Å². The number of carbonyl (C=O) groups excluding carboxylic acids is 2. The number of unbranched alkanes of at least 4 members (excludes halogenated alkanes) is 7. The van der Waals surface area contributed by atoms with Gasteiger partial charge in [0.05, 0.1) is 17.9 Å². The second kappa shape index (κ2) is 10.7. The Balaban J connectivity index is 2.22. The van der Waals surface area contributed by atoms with Crippen LogP contribution in [0.4, 0.5) is 0 Å². The molecule has 0 aliphatic carbocycles. The quantitative estimate of drug-likeness (QED) is 0.423. The van der Waals surface area contributed by atoms with Crippen molar-refractivity contribution >= 4 is 11.9 Å². The summed E-state index contributed by atoms with van der Waals surface area (Å²) < 4.78 is 5.27. The number of ether oxygens (including phenoxy) is 1. The van der Waals surface area contributed by atoms with Gasteiger partial charge in [-0.2, -0.15) is 0 Å². The second-order valence-corrected chi connectivity index (χ2v) is 7.14. The van der Waals surface area contributed by atoms with Crippen LogP contribution in [-0.4, -0.2) is 36.0 Å². The van der Waals surface area contributed by atoms with Crippen molar-refractivity contribution in [2.75, 3.05) is 13.1 Å². The van der Waals surface area contributed by atoms with E-state index in [-0.39, 0.29) is 29.8 Å². The summed E-state index contributed by atoms with van der Waals surface area (Å²) in [5.74, 6) is -0.646. The molecule has 0 N–H and O–H groups in total. The van der Waals surface area contributed by atoms with Crippen LogP contribution in [-0.2, 0) is 14.3 Å². The number of rotatable bonds is 11. The standard InChI is InChI=1S/C19H35NO3/c1-5-6-7-8-9-10-11-12-13-20-14-17(16(4)18(20)21)19(22)23-15(2)3/h15-17H,5-14H2,1-4H3. The first-order valence-corrected chi connectivity index (χ1v) is 9.46. The summed E-state index contributed by atoms with van der Waals surface area (Å²) in [5.41, 5.74) is 0. The van der Waals surface area contributed by atoms with Crippen LogP contribution in [0.5, 0.6) is 0 Å². The molecule has 1 aliphatic heterocycles. The fraction of sp³-hybridized carbons (Fsp3) is 0.895. The summed E-state index contributed by atoms with van der Waals surface area (Å²) >= 11 is 0. The lowest BCUT2D eigenvalue weighted by atomic mass is 9.98. The summed E-state index contributed by atoms with van der Waals surface area (Å²) in [5, 5.41) is 0. The van der Waals surface area contributed by atoms with Gasteiger partial charge in [0.1, 0.15) is 0 Å². The van der Waals surface area contributed by atoms with Crippen molar-refractivity contribution < 1.29 is 14.3 Å². The van der Waals surface area contributed by atoms with E-state index in [0.29, 0.717) is 6.54 Å². The third kappa shape index (κ3) is 6.92. The van der Waals surface area contributed by atoms with Gasteiger partial charge in [-0.05, 0) is 20.3 Å². The van der Waals surface area contributed by atoms with E-state index >= 15 is 0 Å². The average Bonchev–Trinajstić information content (AvgIpc) is 2.77. The zero-order chi connectivity index (χ0) is 17.2. The molecule has 4 nitrogen and oxygen atoms in total. The van der Waals surface area contributed by atoms with E-state index in [4.69, 9.17) is 4.74 Å². The van der Waals surface area contributed by atoms with E-state index < -0.39 is 0 Å². The molecule has 1 aliphatic rings. The summed E-state index contributed by atoms with van der Waals surface area (Å²) in [6, 6.07) is 0. The fourth-order valence-electron chi connectivity index (χ4n) is 3.18. The van der Waals surface area contributed by atoms with Gasteiger partial charge in [-0.1, -0.05) is 58.8 Å². The molecule has 0 aromatic rings. The first-order valence-electron chi connectivity index (χ1n) is 9.46. The van der Waals surface area contributed by atoms with E-state index in [1.165, 1.54) is 44.9 Å². The van der Waals surface area contributed by atoms with Crippen LogP contribution in [0, 0.1) is 11.8 Å². The molecule has 23 heavy (non-hydrogen) atoms. The Bertz CT molecular complexity index is 368. The Morgan fingerprint density at radius 3 is 2.26 bits per heavy atom. The van der Waals surface area contributed by atoms with E-state index in [1.807, 2.05) is 25.7 Å². The molecule has 1 fully saturated rings. The van der Waals surface area contributed by atoms with Gasteiger partial charge >= 0.3 is 5.97 Å². The number of nitrogens with zero attached hydrogens (tertiary/aromatic N) is 1. The minimum atomic E-state index is -0.293. The third-order valence-corrected chi connectivity index (χ3v) is 4.66. The first-order chi connectivity index (χ1) is 11.0. The van der Waals surface area contributed by atoms with Crippen LogP contribution in [0.25, 0.3) is 0 Å². The highest BCUT2D eigenvalue weighted by Crippen LogP contribution is 2.26. The molecule has 1 amide bonds. The minimum absolute atomic E-state index is 0.110. The normalized spacial score (nSPS) is 21.3. The van der Waals surface area contributed by atoms with Gasteiger partial charge in [-0.15, -0.1) is 0 Å². The molecule has 2 atom stereocenters. The van der Waals surface area contributed by atoms with Gasteiger partial charge in [0.2, 0.25) is 5.91 Å². The molecule has 1 rings (SSSR count). The lowest BCUT2D eigenvalue weighted by Crippen LogP contribution is -2.28. The number of hydrogen-bond acceptors (Lipinski definition) is 3. The van der Waals surface area contributed by atoms with Crippen molar-refractivity contribution in [3.8, 4) is 0 Å². The molecule has 0 aromatic heterocycles. The van der Waals surface area contributed by atoms with Crippen LogP contribution in [0.15, 0.2) is 0 Å². The SMILES string of the molecule is CCCCCCCCCCN1CC(C(=O)OC(C)C)C(C)C1=O. The molecule has 0 saturated carbocycles. The van der Waals surface area contributed by atoms with Crippen molar-refractivity contribution in [2.24, 2.45) is 11.8 Å². The summed E-state index contributed by atoms with van der Waals surface area (Å²) in [6.07, 6.45) is 9.95. The Labute approximate surface area is 141 Å². The average molecular weight is 325 g/mol. The number of hydrogen-bond donors (Lipinski definition) is 0. The number of amides is 1. The Hall–Kier alpha value is -1.06. The zero-order valence-corrected chi connectivity index (χ0v) is 15.5. The predicted octanol–water partition coefficient (Wildman–Crippen LogP) is 4.17. The van der Waals surface area contributed by atoms with Crippen LogP contribution in [0.1, 0.15) is 79.1 Å². The molecule has 0 radical (unpaired) electrons. The Morgan fingerprint density at radius 1 is 1.13 bits per heavy atom. The fourth-order valence-corrected chi connectivity index (χ4v) is 3.18. The van der Waals surface area contributed by atoms with Crippen LogP contribution < -0.4 is 0 Å². The van der Waals surface area contributed by atoms with E-state index in [2.05, 4.69) is 6.92 Å². The molecule has 0 bridgehead atoms. The number of carbonyl (C=O) groups is 2. The topological polar surface area (TPSA) is 46.6 Å². The van der Waals surface area contributed by atoms with Gasteiger partial charge < -0.3 is 9.64 Å². The predicted molar refractivity (Wildman–Crippen MR) is 93.1 cm³/mol. The Morgan fingerprint density at radius 2 is 1.70 bits per heavy atom. The van der Waals surface area contributed by atoms with Crippen molar-refractivity contribution in [3.63, 3.8) is 0 Å². The molecule has 1 saturated heterocycles. The van der Waals surface area contributed by atoms with Crippen molar-refractivity contribution in [1.29, 1.82) is 0 Å². The zero-order valence-electron chi connectivity index (χ0n) is 15.5. The summed E-state index contributed by atoms with van der Waals surface area (Å²) in [6.45, 7) is 9.08. The van der Waals surface area contributed by atoms with Crippen LogP contribution in [0.2, 0.25) is 0 Å². The van der Waals surface area contributed by atoms with Crippen molar-refractivity contribution in [1.82, 2.24) is 4.90 Å². The Kier molecular flexibility index (Phi) is 9.27. The lowest BCUT2D eigenvalue weighted by molar-refractivity contribution is -0.153. The molecule has 1 heterocycles. The third-order valence-electron chi connectivity index (χ3n) is 4.66. The van der Waals surface area contributed by atoms with E-state index in [0.717, 1.165) is 13.0 Å². The van der Waals surface area contributed by atoms with Gasteiger partial charge in [0.25, 0.3) is 0 Å². The summed E-state index contributed by atoms with van der Waals surface area (Å²) in [4.78, 5) is 26.2. The number of likely N-dealkylation sites (tertiary alicyclic amines) is 1. The van der Waals surface area contributed by atoms with E-state index in [9.17, 15) is 9.59 Å². The maximum Gasteiger partial charge on any atom is 0.311 e. The largest absolute Gasteiger partial charge is 0.463 e. The highest BCUT2D eigenvalue weighted by molar-refractivity contribution is 5.88. The summed E-state index contributed by atoms with van der Waals surface area (Å²) in [7, 11) is 0. The highest BCUT2D eigenvalue weighted by Gasteiger charge is 2.42. The van der Waals surface area contributed by atoms with Crippen molar-refractivity contribution in [3.05, 3.63) is 0 Å². The lowest BCUT2D eigenvalue weighted by Gasteiger charge is -2.16. The van der Waals surface area contributed by atoms with Gasteiger partial charge in [-0.25, -0.2) is 0 Å². The van der Waals surface area contributed by atoms with Crippen molar-refractivity contribution in [2.45, 2.75) is 85.2 Å². The number of esters is 1. The smallest absolute Gasteiger partial charge is 0.311 e. The molecular formula is C19H35NO3. The van der Waals surface area contributed by atoms with Gasteiger partial charge in [-0.3, -0.25) is 9.59 Å². The molecule has 0 spiro atoms. The van der Waals surface area contributed by atoms with Gasteiger partial charge in [0, 0.05) is 13.1 Å². The van der Waals surface area contributed by atoms with Crippen LogP contribution >= 0.6 is 0 Å². The highest BCUT2D eigenvalue weighted by atomic mass is 16.5. The van der Waals surface area contributed by atoms with E-state index in [1.54, 1.807) is 0 Å². The minimum Gasteiger partial charge on any atom is -0.463 e. The van der Waals surface area contributed by atoms with Crippen LogP contribution in [0.3, 0.4) is 0 Å². The maximum atomic E-state index is 12.3.